The molecule has 0 saturated carbocycles. The van der Waals surface area contributed by atoms with E-state index in [1.54, 1.807) is 0 Å². The Morgan fingerprint density at radius 2 is 1.64 bits per heavy atom. The van der Waals surface area contributed by atoms with Crippen LogP contribution < -0.4 is 0 Å². The molecule has 0 aliphatic rings. The van der Waals surface area contributed by atoms with Crippen LogP contribution >= 0.6 is 0 Å². The molecule has 0 bridgehead atoms. The Morgan fingerprint density at radius 3 is 2.14 bits per heavy atom. The van der Waals surface area contributed by atoms with Gasteiger partial charge in [0.25, 0.3) is 0 Å². The Bertz CT molecular complexity index is 302. The highest BCUT2D eigenvalue weighted by molar-refractivity contribution is 5.45. The van der Waals surface area contributed by atoms with Crippen molar-refractivity contribution in [3.8, 4) is 5.75 Å². The number of hydrogen-bond acceptors (Lipinski definition) is 1. The van der Waals surface area contributed by atoms with E-state index in [2.05, 4.69) is 32.9 Å². The van der Waals surface area contributed by atoms with Crippen LogP contribution in [0.1, 0.15) is 43.9 Å². The van der Waals surface area contributed by atoms with Gasteiger partial charge in [-0.1, -0.05) is 39.3 Å². The normalized spacial score (nSPS) is 10.5. The Labute approximate surface area is 86.8 Å². The van der Waals surface area contributed by atoms with E-state index in [1.807, 2.05) is 0 Å². The molecule has 1 heteroatoms. The van der Waals surface area contributed by atoms with Crippen molar-refractivity contribution in [1.82, 2.24) is 0 Å². The Balaban J connectivity index is 3.14. The summed E-state index contributed by atoms with van der Waals surface area (Å²) in [6.45, 7) is 6.35. The minimum atomic E-state index is 0.529. The molecule has 1 aromatic carbocycles. The zero-order valence-electron chi connectivity index (χ0n) is 9.43. The van der Waals surface area contributed by atoms with E-state index in [-0.39, 0.29) is 0 Å². The third-order valence-corrected chi connectivity index (χ3v) is 2.72. The number of phenolic OH excluding ortho intramolecular Hbond substituents is 1. The maximum Gasteiger partial charge on any atom is 0.122 e. The molecule has 78 valence electrons. The van der Waals surface area contributed by atoms with Crippen LogP contribution in [0, 0.1) is 0 Å². The van der Waals surface area contributed by atoms with Crippen LogP contribution in [0.5, 0.6) is 5.75 Å². The molecule has 0 aliphatic carbocycles. The van der Waals surface area contributed by atoms with Crippen molar-refractivity contribution in [3.63, 3.8) is 0 Å². The van der Waals surface area contributed by atoms with Crippen LogP contribution in [0.15, 0.2) is 12.1 Å². The average molecular weight is 192 g/mol. The fourth-order valence-corrected chi connectivity index (χ4v) is 1.91. The van der Waals surface area contributed by atoms with Gasteiger partial charge in [-0.25, -0.2) is 0 Å². The summed E-state index contributed by atoms with van der Waals surface area (Å²) in [7, 11) is 0. The zero-order chi connectivity index (χ0) is 10.6. The van der Waals surface area contributed by atoms with E-state index in [0.29, 0.717) is 5.75 Å². The summed E-state index contributed by atoms with van der Waals surface area (Å²) in [6.07, 6.45) is 4.04. The molecule has 0 atom stereocenters. The summed E-state index contributed by atoms with van der Waals surface area (Å²) in [6, 6.07) is 4.22. The van der Waals surface area contributed by atoms with Gasteiger partial charge in [0.1, 0.15) is 5.75 Å². The zero-order valence-corrected chi connectivity index (χ0v) is 9.43. The molecule has 0 fully saturated rings. The molecule has 1 nitrogen and oxygen atoms in total. The minimum Gasteiger partial charge on any atom is -0.507 e. The maximum atomic E-state index is 10.00. The summed E-state index contributed by atoms with van der Waals surface area (Å²) in [5, 5.41) is 10.00. The molecule has 1 aromatic rings. The van der Waals surface area contributed by atoms with Crippen LogP contribution in [-0.2, 0) is 19.3 Å². The van der Waals surface area contributed by atoms with Gasteiger partial charge in [-0.3, -0.25) is 0 Å². The fourth-order valence-electron chi connectivity index (χ4n) is 1.91. The van der Waals surface area contributed by atoms with Crippen LogP contribution in [-0.4, -0.2) is 5.11 Å². The first-order valence-electron chi connectivity index (χ1n) is 5.57. The highest BCUT2D eigenvalue weighted by Crippen LogP contribution is 2.27. The first kappa shape index (κ1) is 11.1. The molecule has 0 unspecified atom stereocenters. The van der Waals surface area contributed by atoms with Gasteiger partial charge in [0.2, 0.25) is 0 Å². The molecular formula is C13H20O. The van der Waals surface area contributed by atoms with Gasteiger partial charge in [0, 0.05) is 0 Å². The van der Waals surface area contributed by atoms with Gasteiger partial charge in [-0.15, -0.1) is 0 Å². The lowest BCUT2D eigenvalue weighted by Gasteiger charge is -2.12. The highest BCUT2D eigenvalue weighted by atomic mass is 16.3. The average Bonchev–Trinajstić information content (AvgIpc) is 2.19. The maximum absolute atomic E-state index is 10.00. The number of hydrogen-bond donors (Lipinski definition) is 1. The van der Waals surface area contributed by atoms with Crippen LogP contribution in [0.25, 0.3) is 0 Å². The van der Waals surface area contributed by atoms with E-state index in [0.717, 1.165) is 36.8 Å². The molecule has 14 heavy (non-hydrogen) atoms. The summed E-state index contributed by atoms with van der Waals surface area (Å²) >= 11 is 0. The third-order valence-electron chi connectivity index (χ3n) is 2.72. The molecule has 0 amide bonds. The van der Waals surface area contributed by atoms with Crippen LogP contribution in [0.4, 0.5) is 0 Å². The standard InChI is InChI=1S/C13H20O/c1-4-7-11-9-8-10(5-2)13(14)12(11)6-3/h8-9,14H,4-7H2,1-3H3. The second-order valence-corrected chi connectivity index (χ2v) is 3.67. The summed E-state index contributed by atoms with van der Waals surface area (Å²) in [4.78, 5) is 0. The van der Waals surface area contributed by atoms with Crippen molar-refractivity contribution in [2.24, 2.45) is 0 Å². The van der Waals surface area contributed by atoms with Crippen LogP contribution in [0.3, 0.4) is 0 Å². The third kappa shape index (κ3) is 2.09. The van der Waals surface area contributed by atoms with Crippen molar-refractivity contribution < 1.29 is 5.11 Å². The molecular weight excluding hydrogens is 172 g/mol. The predicted octanol–water partition coefficient (Wildman–Crippen LogP) is 3.47. The van der Waals surface area contributed by atoms with Crippen molar-refractivity contribution in [1.29, 1.82) is 0 Å². The molecule has 0 radical (unpaired) electrons. The fraction of sp³-hybridized carbons (Fsp3) is 0.538. The van der Waals surface area contributed by atoms with Gasteiger partial charge in [-0.05, 0) is 36.0 Å². The molecule has 0 saturated heterocycles. The van der Waals surface area contributed by atoms with Gasteiger partial charge in [0.15, 0.2) is 0 Å². The van der Waals surface area contributed by atoms with E-state index in [4.69, 9.17) is 0 Å². The van der Waals surface area contributed by atoms with Gasteiger partial charge >= 0.3 is 0 Å². The second kappa shape index (κ2) is 5.04. The lowest BCUT2D eigenvalue weighted by molar-refractivity contribution is 0.461. The quantitative estimate of drug-likeness (QED) is 0.774. The lowest BCUT2D eigenvalue weighted by atomic mass is 9.96. The Hall–Kier alpha value is -0.980. The highest BCUT2D eigenvalue weighted by Gasteiger charge is 2.08. The number of aryl methyl sites for hydroxylation is 2. The van der Waals surface area contributed by atoms with E-state index >= 15 is 0 Å². The topological polar surface area (TPSA) is 20.2 Å². The van der Waals surface area contributed by atoms with Gasteiger partial charge in [0.05, 0.1) is 0 Å². The summed E-state index contributed by atoms with van der Waals surface area (Å²) in [5.74, 6) is 0.529. The van der Waals surface area contributed by atoms with E-state index < -0.39 is 0 Å². The van der Waals surface area contributed by atoms with Crippen molar-refractivity contribution in [3.05, 3.63) is 28.8 Å². The molecule has 0 aliphatic heterocycles. The van der Waals surface area contributed by atoms with Crippen molar-refractivity contribution >= 4 is 0 Å². The molecule has 0 aromatic heterocycles. The smallest absolute Gasteiger partial charge is 0.122 e. The molecule has 0 spiro atoms. The number of phenols is 1. The van der Waals surface area contributed by atoms with Crippen molar-refractivity contribution in [2.45, 2.75) is 46.5 Å². The second-order valence-electron chi connectivity index (χ2n) is 3.67. The number of benzene rings is 1. The predicted molar refractivity (Wildman–Crippen MR) is 60.9 cm³/mol. The largest absolute Gasteiger partial charge is 0.507 e. The first-order chi connectivity index (χ1) is 6.74. The monoisotopic (exact) mass is 192 g/mol. The molecule has 1 N–H and O–H groups in total. The van der Waals surface area contributed by atoms with E-state index in [1.165, 1.54) is 5.56 Å². The molecule has 0 heterocycles. The minimum absolute atomic E-state index is 0.529. The SMILES string of the molecule is CCCc1ccc(CC)c(O)c1CC. The molecule has 1 rings (SSSR count). The Kier molecular flexibility index (Phi) is 3.99. The summed E-state index contributed by atoms with van der Waals surface area (Å²) in [5.41, 5.74) is 3.53. The van der Waals surface area contributed by atoms with E-state index in [9.17, 15) is 5.11 Å². The van der Waals surface area contributed by atoms with Gasteiger partial charge < -0.3 is 5.11 Å². The summed E-state index contributed by atoms with van der Waals surface area (Å²) < 4.78 is 0. The number of aromatic hydroxyl groups is 1. The van der Waals surface area contributed by atoms with Gasteiger partial charge in [-0.2, -0.15) is 0 Å². The lowest BCUT2D eigenvalue weighted by Crippen LogP contribution is -1.96. The Morgan fingerprint density at radius 1 is 1.00 bits per heavy atom. The first-order valence-corrected chi connectivity index (χ1v) is 5.57. The number of rotatable bonds is 4. The van der Waals surface area contributed by atoms with Crippen molar-refractivity contribution in [2.75, 3.05) is 0 Å². The van der Waals surface area contributed by atoms with Crippen LogP contribution in [0.2, 0.25) is 0 Å².